The predicted molar refractivity (Wildman–Crippen MR) is 64.2 cm³/mol. The molecule has 2 nitrogen and oxygen atoms in total. The zero-order valence-corrected chi connectivity index (χ0v) is 10.6. The Balaban J connectivity index is 2.39. The third-order valence-corrected chi connectivity index (χ3v) is 3.48. The van der Waals surface area contributed by atoms with Gasteiger partial charge in [-0.15, -0.1) is 0 Å². The summed E-state index contributed by atoms with van der Waals surface area (Å²) in [5.74, 6) is -2.07. The molecule has 1 saturated heterocycles. The molecule has 1 heterocycles. The standard InChI is InChI=1S/C11H10F2INO/c12-7-3-4-8(14)10(13)9(7)11(16)15-5-1-2-6-15/h3-4H,1-2,5-6H2. The van der Waals surface area contributed by atoms with Gasteiger partial charge in [-0.3, -0.25) is 4.79 Å². The van der Waals surface area contributed by atoms with Crippen molar-refractivity contribution in [3.05, 3.63) is 32.9 Å². The summed E-state index contributed by atoms with van der Waals surface area (Å²) in [7, 11) is 0. The highest BCUT2D eigenvalue weighted by molar-refractivity contribution is 14.1. The van der Waals surface area contributed by atoms with Gasteiger partial charge in [0.25, 0.3) is 5.91 Å². The number of likely N-dealkylation sites (tertiary alicyclic amines) is 1. The van der Waals surface area contributed by atoms with Crippen LogP contribution in [0.15, 0.2) is 12.1 Å². The van der Waals surface area contributed by atoms with Gasteiger partial charge in [0.1, 0.15) is 11.4 Å². The van der Waals surface area contributed by atoms with Crippen molar-refractivity contribution in [2.45, 2.75) is 12.8 Å². The molecule has 0 atom stereocenters. The second-order valence-electron chi connectivity index (χ2n) is 3.72. The number of carbonyl (C=O) groups is 1. The second-order valence-corrected chi connectivity index (χ2v) is 4.88. The van der Waals surface area contributed by atoms with Crippen molar-refractivity contribution in [2.24, 2.45) is 0 Å². The highest BCUT2D eigenvalue weighted by Crippen LogP contribution is 2.21. The number of benzene rings is 1. The van der Waals surface area contributed by atoms with Gasteiger partial charge in [0.05, 0.1) is 0 Å². The first-order valence-corrected chi connectivity index (χ1v) is 6.12. The van der Waals surface area contributed by atoms with Gasteiger partial charge in [-0.25, -0.2) is 8.78 Å². The van der Waals surface area contributed by atoms with Crippen LogP contribution in [-0.4, -0.2) is 23.9 Å². The molecule has 1 aliphatic heterocycles. The molecule has 1 aromatic rings. The van der Waals surface area contributed by atoms with Crippen LogP contribution in [0.3, 0.4) is 0 Å². The summed E-state index contributed by atoms with van der Waals surface area (Å²) in [5, 5.41) is 0. The smallest absolute Gasteiger partial charge is 0.259 e. The first-order chi connectivity index (χ1) is 7.61. The monoisotopic (exact) mass is 337 g/mol. The van der Waals surface area contributed by atoms with Crippen LogP contribution in [0, 0.1) is 15.2 Å². The van der Waals surface area contributed by atoms with E-state index in [0.29, 0.717) is 13.1 Å². The average Bonchev–Trinajstić information content (AvgIpc) is 2.77. The van der Waals surface area contributed by atoms with E-state index < -0.39 is 23.1 Å². The lowest BCUT2D eigenvalue weighted by Gasteiger charge is -2.16. The van der Waals surface area contributed by atoms with E-state index in [0.717, 1.165) is 18.9 Å². The highest BCUT2D eigenvalue weighted by atomic mass is 127. The number of hydrogen-bond donors (Lipinski definition) is 0. The quantitative estimate of drug-likeness (QED) is 0.570. The van der Waals surface area contributed by atoms with Crippen molar-refractivity contribution in [3.63, 3.8) is 0 Å². The number of nitrogens with zero attached hydrogens (tertiary/aromatic N) is 1. The molecule has 16 heavy (non-hydrogen) atoms. The lowest BCUT2D eigenvalue weighted by atomic mass is 10.1. The molecule has 86 valence electrons. The molecule has 0 unspecified atom stereocenters. The summed E-state index contributed by atoms with van der Waals surface area (Å²) >= 11 is 1.75. The second kappa shape index (κ2) is 4.65. The number of amides is 1. The molecule has 1 aromatic carbocycles. The molecular weight excluding hydrogens is 327 g/mol. The number of rotatable bonds is 1. The van der Waals surface area contributed by atoms with Crippen molar-refractivity contribution in [2.75, 3.05) is 13.1 Å². The Morgan fingerprint density at radius 2 is 1.88 bits per heavy atom. The van der Waals surface area contributed by atoms with Crippen molar-refractivity contribution >= 4 is 28.5 Å². The minimum Gasteiger partial charge on any atom is -0.338 e. The summed E-state index contributed by atoms with van der Waals surface area (Å²) in [6.45, 7) is 1.17. The molecule has 0 bridgehead atoms. The summed E-state index contributed by atoms with van der Waals surface area (Å²) in [6, 6.07) is 2.46. The van der Waals surface area contributed by atoms with Crippen molar-refractivity contribution in [3.8, 4) is 0 Å². The molecule has 2 rings (SSSR count). The summed E-state index contributed by atoms with van der Waals surface area (Å²) in [5.41, 5.74) is -0.422. The fourth-order valence-corrected chi connectivity index (χ4v) is 2.25. The van der Waals surface area contributed by atoms with Gasteiger partial charge in [-0.05, 0) is 47.6 Å². The number of carbonyl (C=O) groups excluding carboxylic acids is 1. The number of hydrogen-bond acceptors (Lipinski definition) is 1. The zero-order chi connectivity index (χ0) is 11.7. The molecule has 0 radical (unpaired) electrons. The third kappa shape index (κ3) is 2.05. The third-order valence-electron chi connectivity index (χ3n) is 2.65. The largest absolute Gasteiger partial charge is 0.338 e. The van der Waals surface area contributed by atoms with E-state index >= 15 is 0 Å². The van der Waals surface area contributed by atoms with Gasteiger partial charge < -0.3 is 4.90 Å². The topological polar surface area (TPSA) is 20.3 Å². The lowest BCUT2D eigenvalue weighted by molar-refractivity contribution is 0.0783. The number of halogens is 3. The lowest BCUT2D eigenvalue weighted by Crippen LogP contribution is -2.29. The SMILES string of the molecule is O=C(c1c(F)ccc(I)c1F)N1CCCC1. The Morgan fingerprint density at radius 3 is 2.50 bits per heavy atom. The summed E-state index contributed by atoms with van der Waals surface area (Å²) in [6.07, 6.45) is 1.80. The van der Waals surface area contributed by atoms with Crippen LogP contribution in [0.2, 0.25) is 0 Å². The van der Waals surface area contributed by atoms with Crippen LogP contribution in [0.4, 0.5) is 8.78 Å². The van der Waals surface area contributed by atoms with Crippen molar-refractivity contribution in [1.82, 2.24) is 4.90 Å². The van der Waals surface area contributed by atoms with E-state index in [4.69, 9.17) is 0 Å². The van der Waals surface area contributed by atoms with E-state index in [1.807, 2.05) is 0 Å². The fourth-order valence-electron chi connectivity index (χ4n) is 1.80. The van der Waals surface area contributed by atoms with Crippen molar-refractivity contribution < 1.29 is 13.6 Å². The van der Waals surface area contributed by atoms with E-state index in [1.165, 1.54) is 11.0 Å². The highest BCUT2D eigenvalue weighted by Gasteiger charge is 2.26. The molecular formula is C11H10F2INO. The van der Waals surface area contributed by atoms with Crippen LogP contribution in [0.1, 0.15) is 23.2 Å². The Bertz CT molecular complexity index is 430. The molecule has 1 aliphatic rings. The molecule has 0 N–H and O–H groups in total. The Morgan fingerprint density at radius 1 is 1.25 bits per heavy atom. The molecule has 5 heteroatoms. The maximum atomic E-state index is 13.7. The van der Waals surface area contributed by atoms with Gasteiger partial charge in [0.2, 0.25) is 0 Å². The maximum Gasteiger partial charge on any atom is 0.259 e. The first kappa shape index (κ1) is 11.8. The normalized spacial score (nSPS) is 15.6. The van der Waals surface area contributed by atoms with E-state index in [1.54, 1.807) is 22.6 Å². The molecule has 0 aliphatic carbocycles. The Kier molecular flexibility index (Phi) is 3.41. The Labute approximate surface area is 106 Å². The van der Waals surface area contributed by atoms with E-state index in [-0.39, 0.29) is 3.57 Å². The average molecular weight is 337 g/mol. The van der Waals surface area contributed by atoms with Crippen molar-refractivity contribution in [1.29, 1.82) is 0 Å². The molecule has 1 amide bonds. The summed E-state index contributed by atoms with van der Waals surface area (Å²) < 4.78 is 27.4. The van der Waals surface area contributed by atoms with Gasteiger partial charge in [-0.2, -0.15) is 0 Å². The van der Waals surface area contributed by atoms with Gasteiger partial charge in [0.15, 0.2) is 5.82 Å². The van der Waals surface area contributed by atoms with E-state index in [9.17, 15) is 13.6 Å². The first-order valence-electron chi connectivity index (χ1n) is 5.04. The van der Waals surface area contributed by atoms with Crippen LogP contribution < -0.4 is 0 Å². The predicted octanol–water partition coefficient (Wildman–Crippen LogP) is 2.81. The fraction of sp³-hybridized carbons (Fsp3) is 0.364. The summed E-state index contributed by atoms with van der Waals surface area (Å²) in [4.78, 5) is 13.4. The molecule has 0 spiro atoms. The van der Waals surface area contributed by atoms with Crippen LogP contribution in [0.25, 0.3) is 0 Å². The van der Waals surface area contributed by atoms with Crippen LogP contribution >= 0.6 is 22.6 Å². The molecule has 0 saturated carbocycles. The van der Waals surface area contributed by atoms with Crippen LogP contribution in [0.5, 0.6) is 0 Å². The molecule has 0 aromatic heterocycles. The van der Waals surface area contributed by atoms with E-state index in [2.05, 4.69) is 0 Å². The maximum absolute atomic E-state index is 13.7. The van der Waals surface area contributed by atoms with Crippen LogP contribution in [-0.2, 0) is 0 Å². The van der Waals surface area contributed by atoms with Gasteiger partial charge in [0, 0.05) is 16.7 Å². The Hall–Kier alpha value is -0.720. The minimum atomic E-state index is -0.783. The van der Waals surface area contributed by atoms with Gasteiger partial charge in [-0.1, -0.05) is 0 Å². The minimum absolute atomic E-state index is 0.265. The molecule has 1 fully saturated rings. The van der Waals surface area contributed by atoms with Gasteiger partial charge >= 0.3 is 0 Å². The zero-order valence-electron chi connectivity index (χ0n) is 8.47.